The van der Waals surface area contributed by atoms with Crippen LogP contribution >= 0.6 is 0 Å². The number of hydrogen-bond donors (Lipinski definition) is 0. The number of aromatic nitrogens is 9. The van der Waals surface area contributed by atoms with Gasteiger partial charge in [0.25, 0.3) is 0 Å². The first kappa shape index (κ1) is 81.4. The smallest absolute Gasteiger partial charge is 0.180 e. The summed E-state index contributed by atoms with van der Waals surface area (Å²) >= 11 is 0. The van der Waals surface area contributed by atoms with Gasteiger partial charge in [0.1, 0.15) is 50.4 Å². The van der Waals surface area contributed by atoms with Gasteiger partial charge in [-0.3, -0.25) is 0 Å². The van der Waals surface area contributed by atoms with Gasteiger partial charge in [0.2, 0.25) is 0 Å². The van der Waals surface area contributed by atoms with E-state index in [9.17, 15) is 0 Å². The number of hydrogen-bond acceptors (Lipinski definition) is 9. The van der Waals surface area contributed by atoms with Crippen LogP contribution in [0.1, 0.15) is 74.9 Å². The van der Waals surface area contributed by atoms with Crippen LogP contribution in [0.15, 0.2) is 432 Å². The Bertz CT molecular complexity index is 9690. The number of nitrogens with zero attached hydrogens (tertiary/aromatic N) is 9. The lowest BCUT2D eigenvalue weighted by Crippen LogP contribution is -2.15. The third kappa shape index (κ3) is 12.4. The Balaban J connectivity index is 0.000000104. The van der Waals surface area contributed by atoms with Crippen molar-refractivity contribution in [1.29, 1.82) is 0 Å². The summed E-state index contributed by atoms with van der Waals surface area (Å²) in [5.74, 6) is 2.05. The zero-order valence-corrected chi connectivity index (χ0v) is 78.1. The summed E-state index contributed by atoms with van der Waals surface area (Å²) in [5.41, 5.74) is 41.4. The normalized spacial score (nSPS) is 13.5. The van der Waals surface area contributed by atoms with Crippen LogP contribution in [0.2, 0.25) is 0 Å². The first-order valence-electron chi connectivity index (χ1n) is 48.3. The Morgan fingerprint density at radius 3 is 0.986 bits per heavy atom. The highest BCUT2D eigenvalue weighted by molar-refractivity contribution is 6.20. The van der Waals surface area contributed by atoms with Crippen molar-refractivity contribution < 1.29 is 13.3 Å². The van der Waals surface area contributed by atoms with Crippen molar-refractivity contribution in [3.05, 3.63) is 452 Å². The summed E-state index contributed by atoms with van der Waals surface area (Å²) in [5, 5.41) is 10.5. The number of rotatable bonds is 9. The molecule has 3 aliphatic carbocycles. The molecule has 0 saturated heterocycles. The fourth-order valence-corrected chi connectivity index (χ4v) is 23.4. The molecule has 27 aromatic rings. The van der Waals surface area contributed by atoms with Gasteiger partial charge in [-0.2, -0.15) is 0 Å². The Morgan fingerprint density at radius 1 is 0.206 bits per heavy atom. The summed E-state index contributed by atoms with van der Waals surface area (Å²) < 4.78 is 27.2. The molecule has 0 spiro atoms. The van der Waals surface area contributed by atoms with Gasteiger partial charge in [-0.15, -0.1) is 0 Å². The molecule has 0 aliphatic heterocycles. The molecule has 0 unspecified atom stereocenters. The summed E-state index contributed by atoms with van der Waals surface area (Å²) in [4.78, 5) is 30.4. The molecule has 9 aromatic heterocycles. The number of para-hydroxylation sites is 3. The molecule has 141 heavy (non-hydrogen) atoms. The predicted octanol–water partition coefficient (Wildman–Crippen LogP) is 33.3. The SMILES string of the molecule is CC1(C)c2ccccc2-c2c1ccc1c2c2ccccc2n1-c1ccc2c(c1)oc1c(-c3ccccc3)nc(-c3ccccc3)nc12.CC1(C)c2ccccc2-c2cc3c(cc21)c1ccccc1n3-c1ccc2c(c1)oc1c(-c3ccccc3)nc(-c3ccccc3)nc12.CC1(C)c2ccccc2-c2ccc3c(c21)c1ccccc1n3-c1ccc2c(c1)oc1c(-c3ccccc3)nc(-c3ccccc3)nc12. The summed E-state index contributed by atoms with van der Waals surface area (Å²) in [6.45, 7) is 14.1. The van der Waals surface area contributed by atoms with Crippen molar-refractivity contribution in [2.75, 3.05) is 0 Å². The fraction of sp³-hybridized carbons (Fsp3) is 0.0698. The number of furan rings is 3. The summed E-state index contributed by atoms with van der Waals surface area (Å²) in [6, 6.07) is 148. The molecule has 0 saturated carbocycles. The van der Waals surface area contributed by atoms with E-state index < -0.39 is 0 Å². The van der Waals surface area contributed by atoms with Crippen LogP contribution in [0.5, 0.6) is 0 Å². The van der Waals surface area contributed by atoms with E-state index in [1.807, 2.05) is 109 Å². The van der Waals surface area contributed by atoms with Crippen LogP contribution in [0.25, 0.3) is 250 Å². The van der Waals surface area contributed by atoms with Gasteiger partial charge in [-0.25, -0.2) is 29.9 Å². The predicted molar refractivity (Wildman–Crippen MR) is 576 cm³/mol. The summed E-state index contributed by atoms with van der Waals surface area (Å²) in [6.07, 6.45) is 0. The minimum absolute atomic E-state index is 0.0629. The average molecular weight is 1810 g/mol. The topological polar surface area (TPSA) is 132 Å². The van der Waals surface area contributed by atoms with Gasteiger partial charge >= 0.3 is 0 Å². The second-order valence-electron chi connectivity index (χ2n) is 39.0. The van der Waals surface area contributed by atoms with Crippen molar-refractivity contribution in [1.82, 2.24) is 43.6 Å². The van der Waals surface area contributed by atoms with Gasteiger partial charge in [0.15, 0.2) is 34.2 Å². The van der Waals surface area contributed by atoms with E-state index in [0.717, 1.165) is 117 Å². The third-order valence-corrected chi connectivity index (χ3v) is 30.0. The maximum atomic E-state index is 6.70. The molecular weight excluding hydrogens is 1720 g/mol. The third-order valence-electron chi connectivity index (χ3n) is 30.0. The monoisotopic (exact) mass is 1810 g/mol. The zero-order chi connectivity index (χ0) is 93.8. The van der Waals surface area contributed by atoms with Gasteiger partial charge < -0.3 is 27.0 Å². The van der Waals surface area contributed by atoms with E-state index in [4.69, 9.17) is 43.2 Å². The molecule has 3 aliphatic rings. The van der Waals surface area contributed by atoms with Crippen LogP contribution in [0, 0.1) is 0 Å². The first-order chi connectivity index (χ1) is 69.2. The van der Waals surface area contributed by atoms with E-state index in [1.54, 1.807) is 0 Å². The lowest BCUT2D eigenvalue weighted by atomic mass is 9.80. The molecule has 0 amide bonds. The molecule has 666 valence electrons. The molecule has 0 fully saturated rings. The second-order valence-corrected chi connectivity index (χ2v) is 39.0. The van der Waals surface area contributed by atoms with Crippen LogP contribution < -0.4 is 0 Å². The van der Waals surface area contributed by atoms with E-state index >= 15 is 0 Å². The number of fused-ring (bicyclic) bond motifs is 29. The molecule has 12 nitrogen and oxygen atoms in total. The Hall–Kier alpha value is -18.0. The standard InChI is InChI=1S/3C43H29N3O/c1-43(2)34-19-11-9-17-29(34)32-25-37-33(24-35(32)43)30-18-10-12-20-36(30)46(37)28-21-22-31-38(23-28)47-41-39(26-13-5-3-6-14-26)44-42(45-40(31)41)27-15-7-4-8-16-27;1-43(2)33-19-11-9-17-29(33)30-23-24-35-37(38(30)43)31-18-10-12-20-34(31)46(35)28-21-22-32-36(25-28)47-41-39(26-13-5-3-6-14-26)44-42(45-40(32)41)27-15-7-4-8-16-27;1-43(2)32-19-11-9-17-29(32)37-33(43)23-24-35-38(37)30-18-10-12-20-34(30)46(35)28-21-22-31-36(25-28)47-41-39(26-13-5-3-6-14-26)44-42(45-40(31)41)27-15-7-4-8-16-27/h3*3-25H,1-2H3. The molecule has 0 N–H and O–H groups in total. The van der Waals surface area contributed by atoms with Crippen LogP contribution in [0.4, 0.5) is 0 Å². The summed E-state index contributed by atoms with van der Waals surface area (Å²) in [7, 11) is 0. The molecule has 9 heterocycles. The van der Waals surface area contributed by atoms with Gasteiger partial charge in [0, 0.05) is 133 Å². The van der Waals surface area contributed by atoms with Crippen molar-refractivity contribution >= 4 is 132 Å². The van der Waals surface area contributed by atoms with E-state index in [2.05, 4.69) is 365 Å². The molecule has 30 rings (SSSR count). The van der Waals surface area contributed by atoms with Gasteiger partial charge in [-0.05, 0) is 146 Å². The minimum atomic E-state index is -0.119. The highest BCUT2D eigenvalue weighted by atomic mass is 16.3. The van der Waals surface area contributed by atoms with E-state index in [0.29, 0.717) is 34.2 Å². The maximum absolute atomic E-state index is 6.70. The highest BCUT2D eigenvalue weighted by Crippen LogP contribution is 2.58. The molecule has 0 bridgehead atoms. The number of benzene rings is 18. The van der Waals surface area contributed by atoms with Crippen molar-refractivity contribution in [2.24, 2.45) is 0 Å². The molecule has 12 heteroatoms. The Kier molecular flexibility index (Phi) is 17.9. The van der Waals surface area contributed by atoms with Gasteiger partial charge in [-0.1, -0.05) is 363 Å². The maximum Gasteiger partial charge on any atom is 0.180 e. The Morgan fingerprint density at radius 2 is 0.539 bits per heavy atom. The van der Waals surface area contributed by atoms with E-state index in [-0.39, 0.29) is 16.2 Å². The van der Waals surface area contributed by atoms with Crippen LogP contribution in [-0.4, -0.2) is 43.6 Å². The molecule has 18 aromatic carbocycles. The largest absolute Gasteiger partial charge is 0.452 e. The molecular formula is C129H87N9O3. The lowest BCUT2D eigenvalue weighted by Gasteiger charge is -2.22. The van der Waals surface area contributed by atoms with Crippen molar-refractivity contribution in [3.63, 3.8) is 0 Å². The quantitative estimate of drug-likeness (QED) is 0.139. The van der Waals surface area contributed by atoms with Crippen LogP contribution in [-0.2, 0) is 16.2 Å². The zero-order valence-electron chi connectivity index (χ0n) is 78.1. The lowest BCUT2D eigenvalue weighted by molar-refractivity contribution is 0.661. The van der Waals surface area contributed by atoms with Crippen LogP contribution in [0.3, 0.4) is 0 Å². The van der Waals surface area contributed by atoms with E-state index in [1.165, 1.54) is 132 Å². The Labute approximate surface area is 811 Å². The minimum Gasteiger partial charge on any atom is -0.452 e. The fourth-order valence-electron chi connectivity index (χ4n) is 23.4. The van der Waals surface area contributed by atoms with Gasteiger partial charge in [0.05, 0.1) is 33.1 Å². The second kappa shape index (κ2) is 31.0. The van der Waals surface area contributed by atoms with Crippen molar-refractivity contribution in [3.8, 4) is 118 Å². The highest BCUT2D eigenvalue weighted by Gasteiger charge is 2.41. The van der Waals surface area contributed by atoms with Crippen molar-refractivity contribution in [2.45, 2.75) is 57.8 Å². The first-order valence-corrected chi connectivity index (χ1v) is 48.3. The molecule has 0 radical (unpaired) electrons. The average Bonchev–Trinajstić information content (AvgIpc) is 1.53. The molecule has 0 atom stereocenters.